The Bertz CT molecular complexity index is 1650. The van der Waals surface area contributed by atoms with Crippen LogP contribution >= 0.6 is 0 Å². The van der Waals surface area contributed by atoms with E-state index in [2.05, 4.69) is 60.6 Å². The van der Waals surface area contributed by atoms with Gasteiger partial charge in [0.25, 0.3) is 0 Å². The zero-order chi connectivity index (χ0) is 30.0. The van der Waals surface area contributed by atoms with Crippen molar-refractivity contribution in [3.63, 3.8) is 0 Å². The molecule has 2 fully saturated rings. The number of hydrogen-bond donors (Lipinski definition) is 6. The first-order valence-electron chi connectivity index (χ1n) is 15.0. The maximum Gasteiger partial charge on any atom is 0.227 e. The van der Waals surface area contributed by atoms with E-state index in [1.54, 1.807) is 0 Å². The first-order valence-corrected chi connectivity index (χ1v) is 15.0. The van der Waals surface area contributed by atoms with Crippen molar-refractivity contribution in [1.82, 2.24) is 45.5 Å². The molecule has 44 heavy (non-hydrogen) atoms. The third-order valence-electron chi connectivity index (χ3n) is 8.18. The van der Waals surface area contributed by atoms with Gasteiger partial charge in [-0.2, -0.15) is 14.8 Å². The predicted octanol–water partition coefficient (Wildman–Crippen LogP) is 1.91. The van der Waals surface area contributed by atoms with E-state index in [1.165, 1.54) is 15.9 Å². The number of fused-ring (bicyclic) bond motifs is 1. The number of hydrogen-bond acceptors (Lipinski definition) is 12. The lowest BCUT2D eigenvalue weighted by Gasteiger charge is -2.20. The van der Waals surface area contributed by atoms with E-state index in [9.17, 15) is 10.2 Å². The van der Waals surface area contributed by atoms with Crippen molar-refractivity contribution in [2.75, 3.05) is 30.3 Å². The maximum absolute atomic E-state index is 11.0. The molecule has 6 N–H and O–H groups in total. The molecule has 7 rings (SSSR count). The molecular weight excluding hydrogens is 562 g/mol. The fourth-order valence-electron chi connectivity index (χ4n) is 5.82. The molecule has 0 aliphatic carbocycles. The number of nitrogens with one attached hydrogen (secondary N) is 4. The van der Waals surface area contributed by atoms with Gasteiger partial charge in [-0.3, -0.25) is 0 Å². The van der Waals surface area contributed by atoms with Crippen LogP contribution in [0.25, 0.3) is 11.2 Å². The molecule has 0 saturated carbocycles. The number of aromatic amines is 1. The van der Waals surface area contributed by atoms with Crippen molar-refractivity contribution in [1.29, 1.82) is 0 Å². The summed E-state index contributed by atoms with van der Waals surface area (Å²) in [6.45, 7) is 4.70. The minimum absolute atomic E-state index is 0.0557. The number of rotatable bonds is 10. The number of aliphatic hydroxyl groups excluding tert-OH is 2. The Morgan fingerprint density at radius 3 is 2.36 bits per heavy atom. The number of benzene rings is 2. The number of H-pyrrole nitrogens is 1. The summed E-state index contributed by atoms with van der Waals surface area (Å²) in [6, 6.07) is 20.9. The molecule has 3 aromatic heterocycles. The topological polar surface area (TPSA) is 184 Å². The lowest BCUT2D eigenvalue weighted by molar-refractivity contribution is -0.00236. The number of ether oxygens (including phenoxy) is 1. The lowest BCUT2D eigenvalue weighted by Crippen LogP contribution is -2.27. The summed E-state index contributed by atoms with van der Waals surface area (Å²) in [4.78, 5) is 18.9. The zero-order valence-electron chi connectivity index (χ0n) is 24.2. The molecule has 0 radical (unpaired) electrons. The zero-order valence-corrected chi connectivity index (χ0v) is 24.2. The van der Waals surface area contributed by atoms with Gasteiger partial charge in [0.15, 0.2) is 17.6 Å². The van der Waals surface area contributed by atoms with Gasteiger partial charge in [0.05, 0.1) is 6.54 Å². The van der Waals surface area contributed by atoms with Gasteiger partial charge in [-0.15, -0.1) is 10.2 Å². The Kier molecular flexibility index (Phi) is 7.87. The van der Waals surface area contributed by atoms with Crippen LogP contribution < -0.4 is 16.0 Å². The van der Waals surface area contributed by atoms with E-state index >= 15 is 0 Å². The first-order chi connectivity index (χ1) is 21.6. The van der Waals surface area contributed by atoms with Crippen LogP contribution in [-0.4, -0.2) is 88.2 Å². The third kappa shape index (κ3) is 5.59. The maximum atomic E-state index is 11.0. The summed E-state index contributed by atoms with van der Waals surface area (Å²) in [5.41, 5.74) is 3.33. The summed E-state index contributed by atoms with van der Waals surface area (Å²) in [5.74, 6) is 1.59. The second kappa shape index (κ2) is 12.2. The summed E-state index contributed by atoms with van der Waals surface area (Å²) < 4.78 is 6.07. The number of nitrogens with zero attached hydrogens (tertiary/aromatic N) is 7. The Labute approximate surface area is 253 Å². The second-order valence-electron chi connectivity index (χ2n) is 11.1. The van der Waals surface area contributed by atoms with Gasteiger partial charge in [-0.05, 0) is 36.2 Å². The highest BCUT2D eigenvalue weighted by molar-refractivity contribution is 5.84. The average Bonchev–Trinajstić information content (AvgIpc) is 3.87. The van der Waals surface area contributed by atoms with Crippen molar-refractivity contribution in [2.45, 2.75) is 56.3 Å². The molecular formula is C30H35N11O3. The molecule has 5 atom stereocenters. The van der Waals surface area contributed by atoms with Crippen LogP contribution in [0, 0.1) is 0 Å². The van der Waals surface area contributed by atoms with E-state index in [-0.39, 0.29) is 17.8 Å². The van der Waals surface area contributed by atoms with Crippen molar-refractivity contribution >= 4 is 22.9 Å². The molecule has 228 valence electrons. The molecule has 0 bridgehead atoms. The summed E-state index contributed by atoms with van der Waals surface area (Å²) in [7, 11) is 0. The van der Waals surface area contributed by atoms with E-state index in [1.807, 2.05) is 43.3 Å². The number of tetrazole rings is 1. The molecule has 2 aliphatic heterocycles. The third-order valence-corrected chi connectivity index (χ3v) is 8.18. The summed E-state index contributed by atoms with van der Waals surface area (Å²) >= 11 is 0. The number of aliphatic hydroxyl groups is 2. The standard InChI is InChI=1S/C30H35N11O3/c1-2-41-39-29(38-40-41)25-23(43)22(42)24(44-25)28-34-21-26(36-30(37-27(21)35-28)33-19-13-14-31-15-19)32-16-20(17-9-5-3-6-10-17)18-11-7-4-8-12-18/h3-12,19-20,22-25,31,42-43H,2,13-16H2,1H3,(H3,32,33,34,35,36,37)/t19?,22-,23+,24+,25+/m1/s1. The molecule has 2 aromatic carbocycles. The van der Waals surface area contributed by atoms with Crippen molar-refractivity contribution in [3.05, 3.63) is 83.4 Å². The van der Waals surface area contributed by atoms with Gasteiger partial charge in [0.2, 0.25) is 11.8 Å². The van der Waals surface area contributed by atoms with Crippen LogP contribution in [0.5, 0.6) is 0 Å². The van der Waals surface area contributed by atoms with Crippen molar-refractivity contribution < 1.29 is 14.9 Å². The number of anilines is 2. The van der Waals surface area contributed by atoms with E-state index < -0.39 is 24.4 Å². The molecule has 2 aliphatic rings. The van der Waals surface area contributed by atoms with Crippen LogP contribution in [-0.2, 0) is 11.3 Å². The van der Waals surface area contributed by atoms with E-state index in [4.69, 9.17) is 19.7 Å². The molecule has 14 nitrogen and oxygen atoms in total. The number of aryl methyl sites for hydroxylation is 1. The summed E-state index contributed by atoms with van der Waals surface area (Å²) in [5, 5.41) is 44.4. The predicted molar refractivity (Wildman–Crippen MR) is 162 cm³/mol. The molecule has 2 saturated heterocycles. The quantitative estimate of drug-likeness (QED) is 0.138. The van der Waals surface area contributed by atoms with Crippen LogP contribution in [0.3, 0.4) is 0 Å². The fraction of sp³-hybridized carbons (Fsp3) is 0.400. The van der Waals surface area contributed by atoms with Crippen LogP contribution in [0.2, 0.25) is 0 Å². The second-order valence-corrected chi connectivity index (χ2v) is 11.1. The Morgan fingerprint density at radius 2 is 1.70 bits per heavy atom. The van der Waals surface area contributed by atoms with Crippen molar-refractivity contribution in [2.24, 2.45) is 0 Å². The Morgan fingerprint density at radius 1 is 0.977 bits per heavy atom. The minimum Gasteiger partial charge on any atom is -0.387 e. The Balaban J connectivity index is 1.21. The highest BCUT2D eigenvalue weighted by Crippen LogP contribution is 2.40. The van der Waals surface area contributed by atoms with E-state index in [0.29, 0.717) is 41.8 Å². The Hall–Kier alpha value is -4.50. The molecule has 5 aromatic rings. The molecule has 14 heteroatoms. The number of aromatic nitrogens is 8. The SMILES string of the molecule is CCn1nnc([C@H]2O[C@H](c3nc4nc(NC5CCNC5)nc(NCC(c5ccccc5)c5ccccc5)c4[nH]3)[C@H](O)[C@@H]2O)n1. The van der Waals surface area contributed by atoms with Crippen molar-refractivity contribution in [3.8, 4) is 0 Å². The summed E-state index contributed by atoms with van der Waals surface area (Å²) in [6.07, 6.45) is -3.52. The van der Waals surface area contributed by atoms with Gasteiger partial charge in [0.1, 0.15) is 29.7 Å². The highest BCUT2D eigenvalue weighted by Gasteiger charge is 2.47. The minimum atomic E-state index is -1.28. The van der Waals surface area contributed by atoms with Gasteiger partial charge in [0, 0.05) is 25.0 Å². The van der Waals surface area contributed by atoms with Crippen LogP contribution in [0.15, 0.2) is 60.7 Å². The molecule has 0 spiro atoms. The number of imidazole rings is 1. The van der Waals surface area contributed by atoms with Gasteiger partial charge >= 0.3 is 0 Å². The van der Waals surface area contributed by atoms with Gasteiger partial charge in [-0.25, -0.2) is 4.98 Å². The van der Waals surface area contributed by atoms with Crippen LogP contribution in [0.1, 0.15) is 54.2 Å². The monoisotopic (exact) mass is 597 g/mol. The lowest BCUT2D eigenvalue weighted by atomic mass is 9.91. The molecule has 1 unspecified atom stereocenters. The molecule has 5 heterocycles. The average molecular weight is 598 g/mol. The van der Waals surface area contributed by atoms with Gasteiger partial charge in [-0.1, -0.05) is 60.7 Å². The van der Waals surface area contributed by atoms with E-state index in [0.717, 1.165) is 19.5 Å². The molecule has 0 amide bonds. The fourth-order valence-corrected chi connectivity index (χ4v) is 5.82. The first kappa shape index (κ1) is 28.3. The normalized spacial score (nSPS) is 23.5. The van der Waals surface area contributed by atoms with Crippen LogP contribution in [0.4, 0.5) is 11.8 Å². The largest absolute Gasteiger partial charge is 0.387 e. The highest BCUT2D eigenvalue weighted by atomic mass is 16.5. The smallest absolute Gasteiger partial charge is 0.227 e. The van der Waals surface area contributed by atoms with Gasteiger partial charge < -0.3 is 35.9 Å².